The molecule has 0 saturated carbocycles. The van der Waals surface area contributed by atoms with E-state index < -0.39 is 0 Å². The summed E-state index contributed by atoms with van der Waals surface area (Å²) < 4.78 is 6.66. The molecule has 160 valence electrons. The van der Waals surface area contributed by atoms with Gasteiger partial charge in [-0.15, -0.1) is 0 Å². The van der Waals surface area contributed by atoms with Crippen molar-refractivity contribution >= 4 is 32.6 Å². The lowest BCUT2D eigenvalue weighted by Crippen LogP contribution is -2.39. The fourth-order valence-electron chi connectivity index (χ4n) is 3.40. The molecule has 0 aliphatic rings. The van der Waals surface area contributed by atoms with Gasteiger partial charge in [-0.25, -0.2) is 4.98 Å². The number of benzene rings is 2. The normalized spacial score (nSPS) is 11.2. The number of hydrogen-bond donors (Lipinski definition) is 0. The Kier molecular flexibility index (Phi) is 8.22. The molecule has 1 aromatic heterocycles. The van der Waals surface area contributed by atoms with E-state index in [0.29, 0.717) is 19.6 Å². The molecule has 1 amide bonds. The standard InChI is InChI=1S/C24H31N3O2S/c1-4-26(5-2)16-17-27(23(28)15-12-19-10-8-7-9-11-19)24-25-21-14-13-20(29-6-3)18-22(21)30-24/h7-11,13-14,18H,4-6,12,15-17H2,1-3H3. The summed E-state index contributed by atoms with van der Waals surface area (Å²) in [4.78, 5) is 22.2. The third-order valence-corrected chi connectivity index (χ3v) is 6.24. The van der Waals surface area contributed by atoms with Gasteiger partial charge in [0.15, 0.2) is 5.13 Å². The Labute approximate surface area is 183 Å². The highest BCUT2D eigenvalue weighted by molar-refractivity contribution is 7.22. The molecule has 0 saturated heterocycles. The molecule has 30 heavy (non-hydrogen) atoms. The predicted molar refractivity (Wildman–Crippen MR) is 126 cm³/mol. The monoisotopic (exact) mass is 425 g/mol. The lowest BCUT2D eigenvalue weighted by atomic mass is 10.1. The van der Waals surface area contributed by atoms with Crippen LogP contribution in [-0.2, 0) is 11.2 Å². The van der Waals surface area contributed by atoms with E-state index in [9.17, 15) is 4.79 Å². The highest BCUT2D eigenvalue weighted by Crippen LogP contribution is 2.32. The predicted octanol–water partition coefficient (Wildman–Crippen LogP) is 5.00. The first kappa shape index (κ1) is 22.2. The molecule has 0 N–H and O–H groups in total. The second kappa shape index (κ2) is 11.1. The van der Waals surface area contributed by atoms with Gasteiger partial charge in [-0.05, 0) is 50.2 Å². The number of hydrogen-bond acceptors (Lipinski definition) is 5. The molecule has 0 atom stereocenters. The Morgan fingerprint density at radius 3 is 2.50 bits per heavy atom. The van der Waals surface area contributed by atoms with Gasteiger partial charge in [0.05, 0.1) is 16.8 Å². The molecular formula is C24H31N3O2S. The summed E-state index contributed by atoms with van der Waals surface area (Å²) in [7, 11) is 0. The van der Waals surface area contributed by atoms with Crippen molar-refractivity contribution in [2.45, 2.75) is 33.6 Å². The van der Waals surface area contributed by atoms with Crippen LogP contribution in [0.15, 0.2) is 48.5 Å². The van der Waals surface area contributed by atoms with Crippen LogP contribution in [-0.4, -0.2) is 48.6 Å². The number of anilines is 1. The Balaban J connectivity index is 1.80. The van der Waals surface area contributed by atoms with Gasteiger partial charge in [-0.3, -0.25) is 9.69 Å². The summed E-state index contributed by atoms with van der Waals surface area (Å²) in [5.74, 6) is 0.959. The van der Waals surface area contributed by atoms with Crippen molar-refractivity contribution in [3.8, 4) is 5.75 Å². The van der Waals surface area contributed by atoms with Crippen LogP contribution in [0, 0.1) is 0 Å². The lowest BCUT2D eigenvalue weighted by Gasteiger charge is -2.24. The van der Waals surface area contributed by atoms with Gasteiger partial charge in [0.25, 0.3) is 0 Å². The number of thiazole rings is 1. The molecule has 6 heteroatoms. The number of ether oxygens (including phenoxy) is 1. The molecule has 0 aliphatic heterocycles. The van der Waals surface area contributed by atoms with E-state index >= 15 is 0 Å². The zero-order valence-electron chi connectivity index (χ0n) is 18.1. The van der Waals surface area contributed by atoms with E-state index in [4.69, 9.17) is 9.72 Å². The van der Waals surface area contributed by atoms with Crippen LogP contribution in [0.3, 0.4) is 0 Å². The summed E-state index contributed by atoms with van der Waals surface area (Å²) in [6.45, 7) is 10.3. The van der Waals surface area contributed by atoms with Crippen molar-refractivity contribution in [1.82, 2.24) is 9.88 Å². The molecule has 0 spiro atoms. The van der Waals surface area contributed by atoms with Crippen LogP contribution in [0.2, 0.25) is 0 Å². The summed E-state index contributed by atoms with van der Waals surface area (Å²) in [6, 6.07) is 16.1. The smallest absolute Gasteiger partial charge is 0.229 e. The molecule has 0 bridgehead atoms. The zero-order chi connectivity index (χ0) is 21.3. The van der Waals surface area contributed by atoms with Crippen molar-refractivity contribution in [2.24, 2.45) is 0 Å². The Morgan fingerprint density at radius 2 is 1.80 bits per heavy atom. The molecule has 2 aromatic carbocycles. The van der Waals surface area contributed by atoms with E-state index in [0.717, 1.165) is 47.2 Å². The van der Waals surface area contributed by atoms with Crippen LogP contribution in [0.5, 0.6) is 5.75 Å². The maximum atomic E-state index is 13.2. The quantitative estimate of drug-likeness (QED) is 0.434. The number of carbonyl (C=O) groups excluding carboxylic acids is 1. The highest BCUT2D eigenvalue weighted by Gasteiger charge is 2.20. The summed E-state index contributed by atoms with van der Waals surface area (Å²) in [5.41, 5.74) is 2.09. The molecule has 0 unspecified atom stereocenters. The third-order valence-electron chi connectivity index (χ3n) is 5.20. The number of aryl methyl sites for hydroxylation is 1. The first-order chi connectivity index (χ1) is 14.6. The maximum Gasteiger partial charge on any atom is 0.229 e. The second-order valence-electron chi connectivity index (χ2n) is 7.12. The minimum atomic E-state index is 0.120. The first-order valence-corrected chi connectivity index (χ1v) is 11.6. The first-order valence-electron chi connectivity index (χ1n) is 10.7. The Hall–Kier alpha value is -2.44. The van der Waals surface area contributed by atoms with Gasteiger partial charge in [0, 0.05) is 19.5 Å². The molecule has 0 radical (unpaired) electrons. The summed E-state index contributed by atoms with van der Waals surface area (Å²) in [6.07, 6.45) is 1.21. The maximum absolute atomic E-state index is 13.2. The van der Waals surface area contributed by atoms with Crippen molar-refractivity contribution in [1.29, 1.82) is 0 Å². The largest absolute Gasteiger partial charge is 0.494 e. The van der Waals surface area contributed by atoms with Crippen LogP contribution in [0.25, 0.3) is 10.2 Å². The Morgan fingerprint density at radius 1 is 1.03 bits per heavy atom. The van der Waals surface area contributed by atoms with Gasteiger partial charge in [0.2, 0.25) is 5.91 Å². The van der Waals surface area contributed by atoms with Crippen molar-refractivity contribution in [2.75, 3.05) is 37.7 Å². The van der Waals surface area contributed by atoms with Gasteiger partial charge in [-0.2, -0.15) is 0 Å². The van der Waals surface area contributed by atoms with E-state index in [1.165, 1.54) is 5.56 Å². The molecule has 3 aromatic rings. The van der Waals surface area contributed by atoms with Gasteiger partial charge >= 0.3 is 0 Å². The average molecular weight is 426 g/mol. The number of nitrogens with zero attached hydrogens (tertiary/aromatic N) is 3. The average Bonchev–Trinajstić information content (AvgIpc) is 3.19. The van der Waals surface area contributed by atoms with Crippen LogP contribution >= 0.6 is 11.3 Å². The SMILES string of the molecule is CCOc1ccc2nc(N(CCN(CC)CC)C(=O)CCc3ccccc3)sc2c1. The number of fused-ring (bicyclic) bond motifs is 1. The number of rotatable bonds is 11. The molecule has 3 rings (SSSR count). The third kappa shape index (κ3) is 5.80. The van der Waals surface area contributed by atoms with Crippen molar-refractivity contribution < 1.29 is 9.53 Å². The molecule has 5 nitrogen and oxygen atoms in total. The highest BCUT2D eigenvalue weighted by atomic mass is 32.1. The van der Waals surface area contributed by atoms with Crippen LogP contribution in [0.4, 0.5) is 5.13 Å². The lowest BCUT2D eigenvalue weighted by molar-refractivity contribution is -0.118. The number of carbonyl (C=O) groups is 1. The van der Waals surface area contributed by atoms with Crippen LogP contribution in [0.1, 0.15) is 32.8 Å². The number of amides is 1. The van der Waals surface area contributed by atoms with Gasteiger partial charge in [0.1, 0.15) is 5.75 Å². The molecule has 0 aliphatic carbocycles. The van der Waals surface area contributed by atoms with Crippen molar-refractivity contribution in [3.05, 3.63) is 54.1 Å². The van der Waals surface area contributed by atoms with Gasteiger partial charge in [-0.1, -0.05) is 55.5 Å². The topological polar surface area (TPSA) is 45.7 Å². The molecule has 0 fully saturated rings. The van der Waals surface area contributed by atoms with Gasteiger partial charge < -0.3 is 9.64 Å². The molecular weight excluding hydrogens is 394 g/mol. The fraction of sp³-hybridized carbons (Fsp3) is 0.417. The van der Waals surface area contributed by atoms with E-state index in [-0.39, 0.29) is 5.91 Å². The van der Waals surface area contributed by atoms with Crippen molar-refractivity contribution in [3.63, 3.8) is 0 Å². The fourth-order valence-corrected chi connectivity index (χ4v) is 4.44. The summed E-state index contributed by atoms with van der Waals surface area (Å²) >= 11 is 1.56. The second-order valence-corrected chi connectivity index (χ2v) is 8.13. The van der Waals surface area contributed by atoms with E-state index in [2.05, 4.69) is 30.9 Å². The Bertz CT molecular complexity index is 938. The number of likely N-dealkylation sites (N-methyl/N-ethyl adjacent to an activating group) is 1. The zero-order valence-corrected chi connectivity index (χ0v) is 19.0. The summed E-state index contributed by atoms with van der Waals surface area (Å²) in [5, 5.41) is 0.767. The minimum Gasteiger partial charge on any atom is -0.494 e. The van der Waals surface area contributed by atoms with E-state index in [1.807, 2.05) is 48.2 Å². The number of aromatic nitrogens is 1. The van der Waals surface area contributed by atoms with E-state index in [1.54, 1.807) is 11.3 Å². The molecule has 1 heterocycles. The minimum absolute atomic E-state index is 0.120. The van der Waals surface area contributed by atoms with Crippen LogP contribution < -0.4 is 9.64 Å².